The Morgan fingerprint density at radius 3 is 2.45 bits per heavy atom. The zero-order valence-electron chi connectivity index (χ0n) is 18.1. The molecule has 0 radical (unpaired) electrons. The minimum Gasteiger partial charge on any atom is -0.472 e. The van der Waals surface area contributed by atoms with Gasteiger partial charge in [-0.2, -0.15) is 4.31 Å². The largest absolute Gasteiger partial charge is 0.472 e. The average molecular weight is 443 g/mol. The van der Waals surface area contributed by atoms with E-state index in [4.69, 9.17) is 4.74 Å². The number of hydrogen-bond acceptors (Lipinski definition) is 6. The minimum absolute atomic E-state index is 0.0130. The quantitative estimate of drug-likeness (QED) is 0.685. The molecule has 7 nitrogen and oxygen atoms in total. The maximum Gasteiger partial charge on any atom is 0.243 e. The minimum atomic E-state index is -3.48. The van der Waals surface area contributed by atoms with E-state index in [9.17, 15) is 8.42 Å². The number of nitrogens with zero attached hydrogens (tertiary/aromatic N) is 4. The molecule has 1 aromatic heterocycles. The van der Waals surface area contributed by atoms with Crippen LogP contribution in [0, 0.1) is 0 Å². The first-order valence-corrected chi connectivity index (χ1v) is 12.7. The number of sulfonamides is 1. The van der Waals surface area contributed by atoms with Crippen molar-refractivity contribution in [3.8, 4) is 5.88 Å². The summed E-state index contributed by atoms with van der Waals surface area (Å²) < 4.78 is 34.1. The van der Waals surface area contributed by atoms with Crippen molar-refractivity contribution in [3.63, 3.8) is 0 Å². The lowest BCUT2D eigenvalue weighted by atomic mass is 10.0. The molecule has 2 aliphatic heterocycles. The van der Waals surface area contributed by atoms with E-state index in [-0.39, 0.29) is 12.1 Å². The van der Waals surface area contributed by atoms with Crippen LogP contribution in [-0.2, 0) is 10.0 Å². The molecule has 2 aromatic rings. The summed E-state index contributed by atoms with van der Waals surface area (Å²) >= 11 is 0. The second kappa shape index (κ2) is 8.15. The maximum atomic E-state index is 13.2. The number of ether oxygens (including phenoxy) is 1. The Morgan fingerprint density at radius 2 is 1.81 bits per heavy atom. The van der Waals surface area contributed by atoms with Gasteiger partial charge in [-0.15, -0.1) is 0 Å². The van der Waals surface area contributed by atoms with E-state index in [1.807, 2.05) is 18.3 Å². The molecule has 0 bridgehead atoms. The Hall–Kier alpha value is -2.03. The number of aromatic nitrogens is 2. The van der Waals surface area contributed by atoms with Crippen LogP contribution in [0.15, 0.2) is 41.6 Å². The smallest absolute Gasteiger partial charge is 0.243 e. The number of piperazine rings is 1. The molecule has 3 heterocycles. The van der Waals surface area contributed by atoms with Gasteiger partial charge in [-0.05, 0) is 36.5 Å². The van der Waals surface area contributed by atoms with E-state index in [1.165, 1.54) is 12.8 Å². The maximum absolute atomic E-state index is 13.2. The van der Waals surface area contributed by atoms with Crippen LogP contribution >= 0.6 is 0 Å². The van der Waals surface area contributed by atoms with Crippen LogP contribution < -0.4 is 4.74 Å². The molecule has 0 N–H and O–H groups in total. The van der Waals surface area contributed by atoms with Gasteiger partial charge in [0.05, 0.1) is 23.0 Å². The normalized spacial score (nSPS) is 25.0. The zero-order chi connectivity index (χ0) is 21.6. The summed E-state index contributed by atoms with van der Waals surface area (Å²) in [5.74, 6) is 1.52. The summed E-state index contributed by atoms with van der Waals surface area (Å²) in [6, 6.07) is 7.48. The summed E-state index contributed by atoms with van der Waals surface area (Å²) in [6.07, 6.45) is 6.77. The third kappa shape index (κ3) is 4.33. The van der Waals surface area contributed by atoms with Gasteiger partial charge in [0.15, 0.2) is 0 Å². The summed E-state index contributed by atoms with van der Waals surface area (Å²) in [4.78, 5) is 11.6. The molecule has 1 saturated carbocycles. The Bertz CT molecular complexity index is 1020. The molecule has 0 unspecified atom stereocenters. The SMILES string of the molecule is CC(C)c1ccc(S(=O)(=O)N2CCN3C[C@H](Oc4cnc(C5CC5)cn4)C[C@H]3C2)cc1. The molecule has 31 heavy (non-hydrogen) atoms. The third-order valence-electron chi connectivity index (χ3n) is 6.66. The second-order valence-electron chi connectivity index (χ2n) is 9.26. The van der Waals surface area contributed by atoms with Gasteiger partial charge in [0.1, 0.15) is 6.10 Å². The fourth-order valence-corrected chi connectivity index (χ4v) is 6.06. The highest BCUT2D eigenvalue weighted by molar-refractivity contribution is 7.89. The molecular weight excluding hydrogens is 412 g/mol. The van der Waals surface area contributed by atoms with Crippen molar-refractivity contribution in [1.29, 1.82) is 0 Å². The van der Waals surface area contributed by atoms with Gasteiger partial charge < -0.3 is 4.74 Å². The number of fused-ring (bicyclic) bond motifs is 1. The molecule has 3 fully saturated rings. The summed E-state index contributed by atoms with van der Waals surface area (Å²) in [6.45, 7) is 6.74. The van der Waals surface area contributed by atoms with Gasteiger partial charge in [-0.25, -0.2) is 13.4 Å². The monoisotopic (exact) mass is 442 g/mol. The van der Waals surface area contributed by atoms with Crippen molar-refractivity contribution >= 4 is 10.0 Å². The Balaban J connectivity index is 1.22. The van der Waals surface area contributed by atoms with Crippen molar-refractivity contribution < 1.29 is 13.2 Å². The molecule has 2 atom stereocenters. The van der Waals surface area contributed by atoms with Gasteiger partial charge in [0.25, 0.3) is 0 Å². The zero-order valence-corrected chi connectivity index (χ0v) is 19.0. The number of hydrogen-bond donors (Lipinski definition) is 0. The van der Waals surface area contributed by atoms with E-state index >= 15 is 0 Å². The van der Waals surface area contributed by atoms with Crippen LogP contribution in [0.1, 0.15) is 56.2 Å². The van der Waals surface area contributed by atoms with Gasteiger partial charge in [0, 0.05) is 44.6 Å². The van der Waals surface area contributed by atoms with Crippen molar-refractivity contribution in [3.05, 3.63) is 47.9 Å². The highest BCUT2D eigenvalue weighted by Crippen LogP contribution is 2.38. The van der Waals surface area contributed by atoms with Gasteiger partial charge >= 0.3 is 0 Å². The van der Waals surface area contributed by atoms with E-state index < -0.39 is 10.0 Å². The lowest BCUT2D eigenvalue weighted by molar-refractivity contribution is 0.151. The van der Waals surface area contributed by atoms with E-state index in [0.717, 1.165) is 30.8 Å². The third-order valence-corrected chi connectivity index (χ3v) is 8.54. The summed E-state index contributed by atoms with van der Waals surface area (Å²) in [7, 11) is -3.48. The molecule has 3 aliphatic rings. The van der Waals surface area contributed by atoms with E-state index in [2.05, 4.69) is 28.7 Å². The highest BCUT2D eigenvalue weighted by Gasteiger charge is 2.41. The fourth-order valence-electron chi connectivity index (χ4n) is 4.59. The van der Waals surface area contributed by atoms with Crippen LogP contribution in [0.2, 0.25) is 0 Å². The molecule has 166 valence electrons. The molecular formula is C23H30N4O3S. The van der Waals surface area contributed by atoms with Crippen LogP contribution in [0.25, 0.3) is 0 Å². The second-order valence-corrected chi connectivity index (χ2v) is 11.2. The Morgan fingerprint density at radius 1 is 1.03 bits per heavy atom. The first kappa shape index (κ1) is 20.8. The molecule has 0 spiro atoms. The van der Waals surface area contributed by atoms with E-state index in [1.54, 1.807) is 22.6 Å². The van der Waals surface area contributed by atoms with Gasteiger partial charge in [-0.3, -0.25) is 9.88 Å². The summed E-state index contributed by atoms with van der Waals surface area (Å²) in [5, 5.41) is 0. The van der Waals surface area contributed by atoms with Crippen LogP contribution in [0.3, 0.4) is 0 Å². The number of rotatable bonds is 6. The lowest BCUT2D eigenvalue weighted by Gasteiger charge is -2.36. The van der Waals surface area contributed by atoms with Crippen molar-refractivity contribution in [2.45, 2.75) is 62.0 Å². The molecule has 8 heteroatoms. The first-order chi connectivity index (χ1) is 14.9. The van der Waals surface area contributed by atoms with Gasteiger partial charge in [0.2, 0.25) is 15.9 Å². The highest BCUT2D eigenvalue weighted by atomic mass is 32.2. The van der Waals surface area contributed by atoms with Gasteiger partial charge in [-0.1, -0.05) is 26.0 Å². The van der Waals surface area contributed by atoms with Crippen molar-refractivity contribution in [1.82, 2.24) is 19.2 Å². The van der Waals surface area contributed by atoms with Crippen molar-refractivity contribution in [2.24, 2.45) is 0 Å². The predicted octanol–water partition coefficient (Wildman–Crippen LogP) is 3.00. The standard InChI is InChI=1S/C23H30N4O3S/c1-16(2)17-5-7-21(8-6-17)31(28,29)27-10-9-26-15-20(11-19(26)14-27)30-23-13-24-22(12-25-23)18-3-4-18/h5-8,12-13,16,18-20H,3-4,9-11,14-15H2,1-2H3/t19-,20+/m0/s1. The fraction of sp³-hybridized carbons (Fsp3) is 0.565. The molecule has 2 saturated heterocycles. The molecule has 1 aliphatic carbocycles. The molecule has 5 rings (SSSR count). The molecule has 0 amide bonds. The van der Waals surface area contributed by atoms with E-state index in [0.29, 0.717) is 35.7 Å². The average Bonchev–Trinajstić information content (AvgIpc) is 3.54. The van der Waals surface area contributed by atoms with Crippen molar-refractivity contribution in [2.75, 3.05) is 26.2 Å². The topological polar surface area (TPSA) is 75.6 Å². The first-order valence-electron chi connectivity index (χ1n) is 11.2. The molecule has 1 aromatic carbocycles. The lowest BCUT2D eigenvalue weighted by Crippen LogP contribution is -2.51. The Labute approximate surface area is 184 Å². The predicted molar refractivity (Wildman–Crippen MR) is 118 cm³/mol. The number of benzene rings is 1. The van der Waals surface area contributed by atoms with Crippen LogP contribution in [0.4, 0.5) is 0 Å². The van der Waals surface area contributed by atoms with Crippen LogP contribution in [0.5, 0.6) is 5.88 Å². The summed E-state index contributed by atoms with van der Waals surface area (Å²) in [5.41, 5.74) is 2.20. The Kier molecular flexibility index (Phi) is 5.48. The van der Waals surface area contributed by atoms with Crippen LogP contribution in [-0.4, -0.2) is 65.9 Å².